The van der Waals surface area contributed by atoms with E-state index in [1.54, 1.807) is 6.20 Å². The molecule has 2 N–H and O–H groups in total. The van der Waals surface area contributed by atoms with Gasteiger partial charge in [-0.1, -0.05) is 0 Å². The van der Waals surface area contributed by atoms with Gasteiger partial charge >= 0.3 is 0 Å². The minimum atomic E-state index is -0.198. The van der Waals surface area contributed by atoms with Crippen LogP contribution in [-0.4, -0.2) is 23.0 Å². The van der Waals surface area contributed by atoms with Gasteiger partial charge < -0.3 is 9.73 Å². The quantitative estimate of drug-likeness (QED) is 0.738. The van der Waals surface area contributed by atoms with Crippen molar-refractivity contribution in [1.82, 2.24) is 15.6 Å². The van der Waals surface area contributed by atoms with Crippen molar-refractivity contribution in [3.05, 3.63) is 18.4 Å². The van der Waals surface area contributed by atoms with Crippen molar-refractivity contribution in [1.29, 1.82) is 0 Å². The van der Waals surface area contributed by atoms with Crippen molar-refractivity contribution in [3.63, 3.8) is 0 Å². The molecule has 1 aromatic rings. The third-order valence-corrected chi connectivity index (χ3v) is 2.38. The second-order valence-electron chi connectivity index (χ2n) is 3.85. The molecule has 0 aromatic carbocycles. The van der Waals surface area contributed by atoms with E-state index in [9.17, 15) is 4.79 Å². The average molecular weight is 209 g/mol. The molecular formula is C10H15N3O2. The Hall–Kier alpha value is -1.36. The minimum absolute atomic E-state index is 0.0528. The van der Waals surface area contributed by atoms with Crippen molar-refractivity contribution in [2.75, 3.05) is 0 Å². The predicted octanol–water partition coefficient (Wildman–Crippen LogP) is 0.431. The van der Waals surface area contributed by atoms with E-state index in [0.29, 0.717) is 12.6 Å². The number of carbonyl (C=O) groups excluding carboxylic acids is 1. The molecule has 1 aliphatic rings. The highest BCUT2D eigenvalue weighted by Gasteiger charge is 2.25. The molecule has 15 heavy (non-hydrogen) atoms. The summed E-state index contributed by atoms with van der Waals surface area (Å²) in [6.07, 6.45) is 5.24. The van der Waals surface area contributed by atoms with Gasteiger partial charge in [-0.05, 0) is 19.8 Å². The van der Waals surface area contributed by atoms with Gasteiger partial charge in [-0.3, -0.25) is 10.1 Å². The van der Waals surface area contributed by atoms with Gasteiger partial charge in [0.15, 0.2) is 6.39 Å². The third kappa shape index (κ3) is 3.06. The Bertz CT molecular complexity index is 319. The fourth-order valence-electron chi connectivity index (χ4n) is 1.23. The number of nitrogens with zero attached hydrogens (tertiary/aromatic N) is 1. The fraction of sp³-hybridized carbons (Fsp3) is 0.600. The molecular weight excluding hydrogens is 194 g/mol. The lowest BCUT2D eigenvalue weighted by molar-refractivity contribution is -0.122. The lowest BCUT2D eigenvalue weighted by Gasteiger charge is -2.12. The molecule has 2 rings (SSSR count). The van der Waals surface area contributed by atoms with Crippen LogP contribution >= 0.6 is 0 Å². The zero-order valence-electron chi connectivity index (χ0n) is 8.69. The Morgan fingerprint density at radius 2 is 2.53 bits per heavy atom. The van der Waals surface area contributed by atoms with Crippen LogP contribution in [0.5, 0.6) is 0 Å². The highest BCUT2D eigenvalue weighted by Crippen LogP contribution is 2.18. The lowest BCUT2D eigenvalue weighted by Crippen LogP contribution is -2.42. The minimum Gasteiger partial charge on any atom is -0.447 e. The van der Waals surface area contributed by atoms with Crippen LogP contribution in [0.4, 0.5) is 0 Å². The number of oxazole rings is 1. The Labute approximate surface area is 88.3 Å². The topological polar surface area (TPSA) is 67.2 Å². The van der Waals surface area contributed by atoms with Crippen LogP contribution in [0.3, 0.4) is 0 Å². The van der Waals surface area contributed by atoms with Gasteiger partial charge in [0.05, 0.1) is 18.8 Å². The molecule has 0 spiro atoms. The molecule has 1 amide bonds. The second-order valence-corrected chi connectivity index (χ2v) is 3.85. The monoisotopic (exact) mass is 209 g/mol. The molecule has 1 aromatic heterocycles. The van der Waals surface area contributed by atoms with Crippen molar-refractivity contribution in [3.8, 4) is 0 Å². The highest BCUT2D eigenvalue weighted by molar-refractivity contribution is 5.81. The van der Waals surface area contributed by atoms with Gasteiger partial charge in [0.2, 0.25) is 5.91 Å². The van der Waals surface area contributed by atoms with Crippen LogP contribution in [0.1, 0.15) is 25.5 Å². The Balaban J connectivity index is 1.71. The lowest BCUT2D eigenvalue weighted by atomic mass is 10.3. The van der Waals surface area contributed by atoms with E-state index in [0.717, 1.165) is 18.6 Å². The number of nitrogens with one attached hydrogen (secondary N) is 2. The zero-order valence-corrected chi connectivity index (χ0v) is 8.69. The molecule has 1 unspecified atom stereocenters. The van der Waals surface area contributed by atoms with Crippen LogP contribution in [-0.2, 0) is 11.3 Å². The number of carbonyl (C=O) groups is 1. The second kappa shape index (κ2) is 4.44. The maximum absolute atomic E-state index is 11.5. The van der Waals surface area contributed by atoms with E-state index in [4.69, 9.17) is 4.42 Å². The summed E-state index contributed by atoms with van der Waals surface area (Å²) in [5, 5.41) is 6.01. The first-order valence-corrected chi connectivity index (χ1v) is 5.17. The Morgan fingerprint density at radius 1 is 1.73 bits per heavy atom. The van der Waals surface area contributed by atoms with Crippen molar-refractivity contribution >= 4 is 5.91 Å². The summed E-state index contributed by atoms with van der Waals surface area (Å²) in [5.74, 6) is 0.790. The summed E-state index contributed by atoms with van der Waals surface area (Å²) in [7, 11) is 0. The van der Waals surface area contributed by atoms with Crippen molar-refractivity contribution < 1.29 is 9.21 Å². The van der Waals surface area contributed by atoms with Crippen molar-refractivity contribution in [2.45, 2.75) is 38.4 Å². The first-order chi connectivity index (χ1) is 7.25. The van der Waals surface area contributed by atoms with E-state index in [1.807, 2.05) is 6.92 Å². The first-order valence-electron chi connectivity index (χ1n) is 5.17. The molecule has 1 heterocycles. The molecule has 1 saturated carbocycles. The fourth-order valence-corrected chi connectivity index (χ4v) is 1.23. The van der Waals surface area contributed by atoms with Gasteiger partial charge in [-0.25, -0.2) is 4.98 Å². The Kier molecular flexibility index (Phi) is 3.01. The van der Waals surface area contributed by atoms with E-state index in [2.05, 4.69) is 15.6 Å². The molecule has 5 nitrogen and oxygen atoms in total. The van der Waals surface area contributed by atoms with Gasteiger partial charge in [-0.15, -0.1) is 0 Å². The van der Waals surface area contributed by atoms with E-state index >= 15 is 0 Å². The maximum Gasteiger partial charge on any atom is 0.237 e. The number of hydrogen-bond acceptors (Lipinski definition) is 4. The molecule has 0 radical (unpaired) electrons. The summed E-state index contributed by atoms with van der Waals surface area (Å²) in [6, 6.07) is 0.211. The summed E-state index contributed by atoms with van der Waals surface area (Å²) >= 11 is 0. The molecule has 0 saturated heterocycles. The largest absolute Gasteiger partial charge is 0.447 e. The molecule has 5 heteroatoms. The molecule has 82 valence electrons. The molecule has 1 atom stereocenters. The van der Waals surface area contributed by atoms with Crippen LogP contribution in [0.15, 0.2) is 17.0 Å². The van der Waals surface area contributed by atoms with Gasteiger partial charge in [0.1, 0.15) is 5.76 Å². The normalized spacial score (nSPS) is 17.4. The smallest absolute Gasteiger partial charge is 0.237 e. The first kappa shape index (κ1) is 10.2. The molecule has 0 bridgehead atoms. The van der Waals surface area contributed by atoms with Gasteiger partial charge in [-0.2, -0.15) is 0 Å². The summed E-state index contributed by atoms with van der Waals surface area (Å²) in [6.45, 7) is 2.37. The number of aromatic nitrogens is 1. The SMILES string of the molecule is CC(NCc1cnco1)C(=O)NC1CC1. The van der Waals surface area contributed by atoms with E-state index < -0.39 is 0 Å². The third-order valence-electron chi connectivity index (χ3n) is 2.38. The summed E-state index contributed by atoms with van der Waals surface area (Å²) in [5.41, 5.74) is 0. The number of rotatable bonds is 5. The number of hydrogen-bond donors (Lipinski definition) is 2. The highest BCUT2D eigenvalue weighted by atomic mass is 16.3. The summed E-state index contributed by atoms with van der Waals surface area (Å²) in [4.78, 5) is 15.3. The summed E-state index contributed by atoms with van der Waals surface area (Å²) < 4.78 is 5.05. The zero-order chi connectivity index (χ0) is 10.7. The molecule has 0 aliphatic heterocycles. The standard InChI is InChI=1S/C10H15N3O2/c1-7(10(14)13-8-2-3-8)12-5-9-4-11-6-15-9/h4,6-8,12H,2-3,5H2,1H3,(H,13,14). The molecule has 1 fully saturated rings. The van der Waals surface area contributed by atoms with Crippen LogP contribution < -0.4 is 10.6 Å². The van der Waals surface area contributed by atoms with Crippen LogP contribution in [0.25, 0.3) is 0 Å². The number of amides is 1. The van der Waals surface area contributed by atoms with Gasteiger partial charge in [0, 0.05) is 6.04 Å². The maximum atomic E-state index is 11.5. The average Bonchev–Trinajstić information content (AvgIpc) is 2.88. The van der Waals surface area contributed by atoms with E-state index in [-0.39, 0.29) is 11.9 Å². The molecule has 1 aliphatic carbocycles. The van der Waals surface area contributed by atoms with Gasteiger partial charge in [0.25, 0.3) is 0 Å². The van der Waals surface area contributed by atoms with Crippen LogP contribution in [0.2, 0.25) is 0 Å². The van der Waals surface area contributed by atoms with Crippen LogP contribution in [0, 0.1) is 0 Å². The Morgan fingerprint density at radius 3 is 3.13 bits per heavy atom. The predicted molar refractivity (Wildman–Crippen MR) is 54.0 cm³/mol. The van der Waals surface area contributed by atoms with E-state index in [1.165, 1.54) is 6.39 Å². The van der Waals surface area contributed by atoms with Crippen molar-refractivity contribution in [2.24, 2.45) is 0 Å².